The second kappa shape index (κ2) is 8.59. The summed E-state index contributed by atoms with van der Waals surface area (Å²) in [6, 6.07) is 10.6. The molecule has 154 valence electrons. The van der Waals surface area contributed by atoms with Gasteiger partial charge in [-0.2, -0.15) is 0 Å². The van der Waals surface area contributed by atoms with Crippen LogP contribution in [0.15, 0.2) is 54.9 Å². The van der Waals surface area contributed by atoms with Crippen molar-refractivity contribution in [2.45, 2.75) is 37.6 Å². The number of aromatic hydroxyl groups is 1. The highest BCUT2D eigenvalue weighted by atomic mass is 19.1. The van der Waals surface area contributed by atoms with Gasteiger partial charge < -0.3 is 16.2 Å². The number of pyridine rings is 2. The van der Waals surface area contributed by atoms with Gasteiger partial charge in [-0.3, -0.25) is 9.78 Å². The van der Waals surface area contributed by atoms with Gasteiger partial charge in [0.2, 0.25) is 0 Å². The van der Waals surface area contributed by atoms with Gasteiger partial charge in [-0.25, -0.2) is 9.37 Å². The van der Waals surface area contributed by atoms with Gasteiger partial charge in [0, 0.05) is 17.8 Å². The molecule has 3 aromatic rings. The number of nitrogens with two attached hydrogens (primary N) is 1. The first-order valence-electron chi connectivity index (χ1n) is 9.98. The highest BCUT2D eigenvalue weighted by Gasteiger charge is 2.24. The van der Waals surface area contributed by atoms with Crippen molar-refractivity contribution in [3.63, 3.8) is 0 Å². The lowest BCUT2D eigenvalue weighted by Crippen LogP contribution is -2.27. The predicted octanol–water partition coefficient (Wildman–Crippen LogP) is 4.23. The third-order valence-electron chi connectivity index (χ3n) is 5.47. The number of amides is 1. The van der Waals surface area contributed by atoms with Crippen LogP contribution in [0.25, 0.3) is 11.3 Å². The molecule has 1 fully saturated rings. The van der Waals surface area contributed by atoms with Crippen molar-refractivity contribution in [3.8, 4) is 17.0 Å². The molecule has 1 saturated carbocycles. The van der Waals surface area contributed by atoms with Crippen LogP contribution < -0.4 is 11.1 Å². The molecule has 0 radical (unpaired) electrons. The highest BCUT2D eigenvalue weighted by Crippen LogP contribution is 2.35. The van der Waals surface area contributed by atoms with Gasteiger partial charge in [-0.15, -0.1) is 0 Å². The second-order valence-electron chi connectivity index (χ2n) is 7.61. The number of nitrogens with zero attached hydrogens (tertiary/aromatic N) is 2. The van der Waals surface area contributed by atoms with Crippen LogP contribution in [0.3, 0.4) is 0 Å². The Morgan fingerprint density at radius 3 is 2.90 bits per heavy atom. The SMILES string of the molecule is N[C@H]1CCC[C@@H](c2ccncc2NC(=O)c2cccc(-c3cc(O)ccc3F)n2)C1. The van der Waals surface area contributed by atoms with Crippen LogP contribution >= 0.6 is 0 Å². The van der Waals surface area contributed by atoms with Gasteiger partial charge in [0.1, 0.15) is 17.3 Å². The Balaban J connectivity index is 1.59. The number of hydrogen-bond acceptors (Lipinski definition) is 5. The first-order valence-corrected chi connectivity index (χ1v) is 9.98. The Morgan fingerprint density at radius 1 is 1.20 bits per heavy atom. The summed E-state index contributed by atoms with van der Waals surface area (Å²) in [6.45, 7) is 0. The van der Waals surface area contributed by atoms with Gasteiger partial charge >= 0.3 is 0 Å². The minimum atomic E-state index is -0.527. The zero-order chi connectivity index (χ0) is 21.1. The average Bonchev–Trinajstić information content (AvgIpc) is 2.76. The van der Waals surface area contributed by atoms with E-state index in [4.69, 9.17) is 5.73 Å². The van der Waals surface area contributed by atoms with Gasteiger partial charge in [0.15, 0.2) is 0 Å². The normalized spacial score (nSPS) is 18.7. The molecule has 0 bridgehead atoms. The van der Waals surface area contributed by atoms with Crippen molar-refractivity contribution in [3.05, 3.63) is 71.9 Å². The summed E-state index contributed by atoms with van der Waals surface area (Å²) in [5, 5.41) is 12.6. The quantitative estimate of drug-likeness (QED) is 0.602. The maximum Gasteiger partial charge on any atom is 0.274 e. The molecule has 0 aliphatic heterocycles. The molecule has 7 heteroatoms. The predicted molar refractivity (Wildman–Crippen MR) is 113 cm³/mol. The summed E-state index contributed by atoms with van der Waals surface area (Å²) in [7, 11) is 0. The number of halogens is 1. The summed E-state index contributed by atoms with van der Waals surface area (Å²) in [6.07, 6.45) is 7.31. The minimum absolute atomic E-state index is 0.0752. The number of hydrogen-bond donors (Lipinski definition) is 3. The van der Waals surface area contributed by atoms with E-state index in [2.05, 4.69) is 15.3 Å². The fraction of sp³-hybridized carbons (Fsp3) is 0.261. The standard InChI is InChI=1S/C23H23FN4O2/c24-19-8-7-16(29)12-18(19)20-5-2-6-21(27-20)23(30)28-22-13-26-10-9-17(22)14-3-1-4-15(25)11-14/h2,5-10,12-15,29H,1,3-4,11,25H2,(H,28,30)/t14-,15+/m1/s1. The lowest BCUT2D eigenvalue weighted by molar-refractivity contribution is 0.102. The molecule has 2 aromatic heterocycles. The summed E-state index contributed by atoms with van der Waals surface area (Å²) < 4.78 is 14.2. The van der Waals surface area contributed by atoms with Crippen LogP contribution in [0.1, 0.15) is 47.7 Å². The zero-order valence-electron chi connectivity index (χ0n) is 16.4. The largest absolute Gasteiger partial charge is 0.508 e. The van der Waals surface area contributed by atoms with E-state index < -0.39 is 11.7 Å². The number of nitrogens with one attached hydrogen (secondary N) is 1. The van der Waals surface area contributed by atoms with Gasteiger partial charge in [-0.05, 0) is 67.1 Å². The number of benzene rings is 1. The van der Waals surface area contributed by atoms with E-state index in [1.54, 1.807) is 30.6 Å². The summed E-state index contributed by atoms with van der Waals surface area (Å²) in [5.41, 5.74) is 8.33. The van der Waals surface area contributed by atoms with Crippen molar-refractivity contribution in [2.75, 3.05) is 5.32 Å². The number of carbonyl (C=O) groups is 1. The maximum absolute atomic E-state index is 14.2. The third kappa shape index (κ3) is 4.31. The Morgan fingerprint density at radius 2 is 2.07 bits per heavy atom. The van der Waals surface area contributed by atoms with Crippen LogP contribution in [-0.4, -0.2) is 27.0 Å². The molecule has 30 heavy (non-hydrogen) atoms. The highest BCUT2D eigenvalue weighted by molar-refractivity contribution is 6.03. The smallest absolute Gasteiger partial charge is 0.274 e. The Labute approximate surface area is 174 Å². The Kier molecular flexibility index (Phi) is 5.72. The summed E-state index contributed by atoms with van der Waals surface area (Å²) in [5.74, 6) is -0.741. The van der Waals surface area contributed by atoms with Gasteiger partial charge in [0.25, 0.3) is 5.91 Å². The molecular weight excluding hydrogens is 383 g/mol. The number of phenolic OH excluding ortho intramolecular Hbond substituents is 1. The van der Waals surface area contributed by atoms with Crippen molar-refractivity contribution in [1.82, 2.24) is 9.97 Å². The van der Waals surface area contributed by atoms with Crippen LogP contribution in [-0.2, 0) is 0 Å². The molecule has 1 amide bonds. The number of rotatable bonds is 4. The molecule has 6 nitrogen and oxygen atoms in total. The van der Waals surface area contributed by atoms with E-state index >= 15 is 0 Å². The van der Waals surface area contributed by atoms with Gasteiger partial charge in [0.05, 0.1) is 17.6 Å². The summed E-state index contributed by atoms with van der Waals surface area (Å²) >= 11 is 0. The van der Waals surface area contributed by atoms with Crippen molar-refractivity contribution in [2.24, 2.45) is 5.73 Å². The van der Waals surface area contributed by atoms with E-state index in [0.29, 0.717) is 5.69 Å². The Hall–Kier alpha value is -3.32. The number of aromatic nitrogens is 2. The lowest BCUT2D eigenvalue weighted by Gasteiger charge is -2.28. The fourth-order valence-electron chi connectivity index (χ4n) is 3.98. The van der Waals surface area contributed by atoms with Crippen molar-refractivity contribution < 1.29 is 14.3 Å². The number of carbonyl (C=O) groups excluding carboxylic acids is 1. The fourth-order valence-corrected chi connectivity index (χ4v) is 3.98. The molecule has 4 rings (SSSR count). The number of anilines is 1. The molecule has 2 heterocycles. The van der Waals surface area contributed by atoms with E-state index in [9.17, 15) is 14.3 Å². The van der Waals surface area contributed by atoms with Crippen LogP contribution in [0.4, 0.5) is 10.1 Å². The molecular formula is C23H23FN4O2. The number of phenols is 1. The van der Waals surface area contributed by atoms with Gasteiger partial charge in [-0.1, -0.05) is 12.5 Å². The first kappa shape index (κ1) is 20.0. The summed E-state index contributed by atoms with van der Waals surface area (Å²) in [4.78, 5) is 21.3. The van der Waals surface area contributed by atoms with Crippen molar-refractivity contribution in [1.29, 1.82) is 0 Å². The molecule has 0 spiro atoms. The molecule has 4 N–H and O–H groups in total. The lowest BCUT2D eigenvalue weighted by atomic mass is 9.81. The van der Waals surface area contributed by atoms with E-state index in [-0.39, 0.29) is 34.7 Å². The van der Waals surface area contributed by atoms with E-state index in [1.807, 2.05) is 6.07 Å². The molecule has 1 aromatic carbocycles. The molecule has 0 unspecified atom stereocenters. The molecule has 0 saturated heterocycles. The zero-order valence-corrected chi connectivity index (χ0v) is 16.4. The third-order valence-corrected chi connectivity index (χ3v) is 5.47. The minimum Gasteiger partial charge on any atom is -0.508 e. The van der Waals surface area contributed by atoms with E-state index in [1.165, 1.54) is 12.1 Å². The monoisotopic (exact) mass is 406 g/mol. The molecule has 1 aliphatic carbocycles. The molecule has 2 atom stereocenters. The van der Waals surface area contributed by atoms with Crippen LogP contribution in [0.2, 0.25) is 0 Å². The Bertz CT molecular complexity index is 1070. The maximum atomic E-state index is 14.2. The first-order chi connectivity index (χ1) is 14.5. The van der Waals surface area contributed by atoms with E-state index in [0.717, 1.165) is 37.3 Å². The topological polar surface area (TPSA) is 101 Å². The van der Waals surface area contributed by atoms with Crippen molar-refractivity contribution >= 4 is 11.6 Å². The van der Waals surface area contributed by atoms with Crippen LogP contribution in [0, 0.1) is 5.82 Å². The average molecular weight is 406 g/mol. The second-order valence-corrected chi connectivity index (χ2v) is 7.61. The molecule has 1 aliphatic rings. The van der Waals surface area contributed by atoms with Crippen LogP contribution in [0.5, 0.6) is 5.75 Å².